The molecule has 0 saturated heterocycles. The van der Waals surface area contributed by atoms with E-state index in [2.05, 4.69) is 75.1 Å². The molecule has 0 atom stereocenters. The highest BCUT2D eigenvalue weighted by Crippen LogP contribution is 2.15. The van der Waals surface area contributed by atoms with Gasteiger partial charge in [0, 0.05) is 39.1 Å². The van der Waals surface area contributed by atoms with Crippen LogP contribution in [0.4, 0.5) is 0 Å². The van der Waals surface area contributed by atoms with Gasteiger partial charge in [-0.3, -0.25) is 4.99 Å². The zero-order valence-electron chi connectivity index (χ0n) is 14.5. The molecule has 1 heterocycles. The van der Waals surface area contributed by atoms with Gasteiger partial charge in [-0.1, -0.05) is 42.5 Å². The highest BCUT2D eigenvalue weighted by Gasteiger charge is 1.99. The van der Waals surface area contributed by atoms with Crippen LogP contribution in [0.2, 0.25) is 0 Å². The number of halogens is 1. The Morgan fingerprint density at radius 2 is 1.64 bits per heavy atom. The van der Waals surface area contributed by atoms with E-state index in [1.165, 1.54) is 16.3 Å². The molecule has 2 aromatic carbocycles. The second-order valence-corrected chi connectivity index (χ2v) is 5.78. The molecule has 0 unspecified atom stereocenters. The van der Waals surface area contributed by atoms with Crippen molar-refractivity contribution in [2.24, 2.45) is 4.99 Å². The van der Waals surface area contributed by atoms with Crippen molar-refractivity contribution in [3.05, 3.63) is 72.6 Å². The number of aromatic nitrogens is 1. The van der Waals surface area contributed by atoms with E-state index < -0.39 is 0 Å². The molecule has 0 aliphatic heterocycles. The number of benzene rings is 2. The van der Waals surface area contributed by atoms with Crippen LogP contribution in [0.15, 0.2) is 72.0 Å². The summed E-state index contributed by atoms with van der Waals surface area (Å²) >= 11 is 0. The number of nitrogens with zero attached hydrogens (tertiary/aromatic N) is 2. The maximum absolute atomic E-state index is 4.27. The van der Waals surface area contributed by atoms with Crippen molar-refractivity contribution in [1.82, 2.24) is 15.2 Å². The molecule has 0 radical (unpaired) electrons. The highest BCUT2D eigenvalue weighted by molar-refractivity contribution is 14.0. The Morgan fingerprint density at radius 1 is 0.920 bits per heavy atom. The topological polar surface area (TPSA) is 41.4 Å². The lowest BCUT2D eigenvalue weighted by Gasteiger charge is -2.12. The van der Waals surface area contributed by atoms with Crippen LogP contribution in [-0.2, 0) is 13.0 Å². The van der Waals surface area contributed by atoms with Gasteiger partial charge in [0.05, 0.1) is 0 Å². The summed E-state index contributed by atoms with van der Waals surface area (Å²) in [5, 5.41) is 9.30. The van der Waals surface area contributed by atoms with Gasteiger partial charge in [-0.15, -0.1) is 24.0 Å². The summed E-state index contributed by atoms with van der Waals surface area (Å²) in [7, 11) is 1.81. The summed E-state index contributed by atoms with van der Waals surface area (Å²) in [4.78, 5) is 4.27. The zero-order valence-corrected chi connectivity index (χ0v) is 16.8. The van der Waals surface area contributed by atoms with Crippen LogP contribution in [0.1, 0.15) is 5.56 Å². The Morgan fingerprint density at radius 3 is 2.40 bits per heavy atom. The minimum absolute atomic E-state index is 0. The predicted molar refractivity (Wildman–Crippen MR) is 117 cm³/mol. The van der Waals surface area contributed by atoms with Gasteiger partial charge < -0.3 is 15.2 Å². The van der Waals surface area contributed by atoms with Gasteiger partial charge in [0.25, 0.3) is 0 Å². The van der Waals surface area contributed by atoms with Crippen LogP contribution in [-0.4, -0.2) is 30.7 Å². The molecule has 25 heavy (non-hydrogen) atoms. The van der Waals surface area contributed by atoms with E-state index in [1.807, 2.05) is 12.1 Å². The average molecular weight is 448 g/mol. The molecule has 0 fully saturated rings. The van der Waals surface area contributed by atoms with Crippen molar-refractivity contribution >= 4 is 40.7 Å². The first-order valence-electron chi connectivity index (χ1n) is 8.38. The Bertz CT molecular complexity index is 796. The monoisotopic (exact) mass is 448 g/mol. The second kappa shape index (κ2) is 10.1. The standard InChI is InChI=1S/C20H24N4.HI/c1-21-20(23-12-15-24-13-4-5-14-24)22-11-10-17-8-9-18-6-2-3-7-19(18)16-17;/h2-9,13-14,16H,10-12,15H2,1H3,(H2,21,22,23);1H. The molecule has 132 valence electrons. The third kappa shape index (κ3) is 5.77. The molecule has 0 aliphatic rings. The largest absolute Gasteiger partial charge is 0.356 e. The van der Waals surface area contributed by atoms with Crippen molar-refractivity contribution in [2.75, 3.05) is 20.1 Å². The van der Waals surface area contributed by atoms with E-state index in [1.54, 1.807) is 7.05 Å². The smallest absolute Gasteiger partial charge is 0.191 e. The molecule has 0 bridgehead atoms. The van der Waals surface area contributed by atoms with E-state index in [0.717, 1.165) is 32.0 Å². The molecule has 5 heteroatoms. The van der Waals surface area contributed by atoms with E-state index in [4.69, 9.17) is 0 Å². The third-order valence-corrected chi connectivity index (χ3v) is 4.07. The molecular formula is C20H25IN4. The molecule has 3 aromatic rings. The Balaban J connectivity index is 0.00000225. The SMILES string of the molecule is CN=C(NCCc1ccc2ccccc2c1)NCCn1cccc1.I. The molecule has 4 nitrogen and oxygen atoms in total. The Kier molecular flexibility index (Phi) is 7.78. The average Bonchev–Trinajstić information content (AvgIpc) is 3.13. The molecule has 0 saturated carbocycles. The van der Waals surface area contributed by atoms with E-state index in [9.17, 15) is 0 Å². The lowest BCUT2D eigenvalue weighted by atomic mass is 10.1. The van der Waals surface area contributed by atoms with Crippen molar-refractivity contribution in [3.8, 4) is 0 Å². The zero-order chi connectivity index (χ0) is 16.6. The fourth-order valence-corrected chi connectivity index (χ4v) is 2.76. The van der Waals surface area contributed by atoms with Crippen LogP contribution in [0, 0.1) is 0 Å². The van der Waals surface area contributed by atoms with Gasteiger partial charge in [0.2, 0.25) is 0 Å². The minimum atomic E-state index is 0. The van der Waals surface area contributed by atoms with Gasteiger partial charge in [0.15, 0.2) is 5.96 Å². The summed E-state index contributed by atoms with van der Waals surface area (Å²) in [6.45, 7) is 2.64. The maximum Gasteiger partial charge on any atom is 0.191 e. The second-order valence-electron chi connectivity index (χ2n) is 5.78. The number of aliphatic imine (C=N–C) groups is 1. The maximum atomic E-state index is 4.27. The van der Waals surface area contributed by atoms with Crippen LogP contribution in [0.25, 0.3) is 10.8 Å². The number of nitrogens with one attached hydrogen (secondary N) is 2. The molecule has 0 spiro atoms. The van der Waals surface area contributed by atoms with Gasteiger partial charge in [-0.05, 0) is 34.9 Å². The van der Waals surface area contributed by atoms with E-state index in [-0.39, 0.29) is 24.0 Å². The fourth-order valence-electron chi connectivity index (χ4n) is 2.76. The number of guanidine groups is 1. The quantitative estimate of drug-likeness (QED) is 0.343. The minimum Gasteiger partial charge on any atom is -0.356 e. The normalized spacial score (nSPS) is 11.2. The van der Waals surface area contributed by atoms with Crippen LogP contribution in [0.5, 0.6) is 0 Å². The van der Waals surface area contributed by atoms with E-state index in [0.29, 0.717) is 0 Å². The van der Waals surface area contributed by atoms with Crippen molar-refractivity contribution < 1.29 is 0 Å². The molecule has 2 N–H and O–H groups in total. The number of hydrogen-bond donors (Lipinski definition) is 2. The Hall–Kier alpha value is -2.02. The van der Waals surface area contributed by atoms with Crippen molar-refractivity contribution in [2.45, 2.75) is 13.0 Å². The van der Waals surface area contributed by atoms with Gasteiger partial charge >= 0.3 is 0 Å². The molecule has 0 aliphatic carbocycles. The predicted octanol–water partition coefficient (Wildman–Crippen LogP) is 3.67. The highest BCUT2D eigenvalue weighted by atomic mass is 127. The summed E-state index contributed by atoms with van der Waals surface area (Å²) in [6.07, 6.45) is 5.11. The third-order valence-electron chi connectivity index (χ3n) is 4.07. The molecule has 1 aromatic heterocycles. The molecule has 3 rings (SSSR count). The Labute approximate surface area is 166 Å². The first-order chi connectivity index (χ1) is 11.8. The first-order valence-corrected chi connectivity index (χ1v) is 8.38. The van der Waals surface area contributed by atoms with Gasteiger partial charge in [0.1, 0.15) is 0 Å². The number of fused-ring (bicyclic) bond motifs is 1. The van der Waals surface area contributed by atoms with E-state index >= 15 is 0 Å². The summed E-state index contributed by atoms with van der Waals surface area (Å²) in [5.41, 5.74) is 1.34. The first kappa shape index (κ1) is 19.3. The van der Waals surface area contributed by atoms with Crippen molar-refractivity contribution in [3.63, 3.8) is 0 Å². The summed E-state index contributed by atoms with van der Waals surface area (Å²) < 4.78 is 2.15. The van der Waals surface area contributed by atoms with Crippen LogP contribution >= 0.6 is 24.0 Å². The molecule has 0 amide bonds. The van der Waals surface area contributed by atoms with Gasteiger partial charge in [-0.2, -0.15) is 0 Å². The summed E-state index contributed by atoms with van der Waals surface area (Å²) in [6, 6.07) is 19.2. The van der Waals surface area contributed by atoms with Crippen molar-refractivity contribution in [1.29, 1.82) is 0 Å². The fraction of sp³-hybridized carbons (Fsp3) is 0.250. The van der Waals surface area contributed by atoms with Gasteiger partial charge in [-0.25, -0.2) is 0 Å². The molecular weight excluding hydrogens is 423 g/mol. The van der Waals surface area contributed by atoms with Crippen LogP contribution < -0.4 is 10.6 Å². The number of rotatable bonds is 6. The summed E-state index contributed by atoms with van der Waals surface area (Å²) in [5.74, 6) is 0.850. The van der Waals surface area contributed by atoms with Crippen LogP contribution in [0.3, 0.4) is 0 Å². The lowest BCUT2D eigenvalue weighted by molar-refractivity contribution is 0.665. The lowest BCUT2D eigenvalue weighted by Crippen LogP contribution is -2.39. The number of hydrogen-bond acceptors (Lipinski definition) is 1.